The maximum Gasteiger partial charge on any atom is 0.269 e. The summed E-state index contributed by atoms with van der Waals surface area (Å²) in [6.45, 7) is 6.18. The fraction of sp³-hybridized carbons (Fsp3) is 0.538. The summed E-state index contributed by atoms with van der Waals surface area (Å²) in [5.41, 5.74) is -0.126. The number of aromatic nitrogens is 1. The fourth-order valence-electron chi connectivity index (χ4n) is 2.17. The topological polar surface area (TPSA) is 67.3 Å². The fourth-order valence-corrected chi connectivity index (χ4v) is 4.06. The van der Waals surface area contributed by atoms with E-state index in [1.165, 1.54) is 18.3 Å². The average molecular weight is 317 g/mol. The minimum Gasteiger partial charge on any atom is -0.274 e. The molecule has 0 saturated carbocycles. The van der Waals surface area contributed by atoms with Gasteiger partial charge < -0.3 is 0 Å². The molecule has 1 saturated heterocycles. The van der Waals surface area contributed by atoms with Gasteiger partial charge in [-0.3, -0.25) is 4.79 Å². The minimum atomic E-state index is -3.92. The van der Waals surface area contributed by atoms with Crippen LogP contribution in [0.2, 0.25) is 5.15 Å². The maximum absolute atomic E-state index is 12.5. The highest BCUT2D eigenvalue weighted by atomic mass is 35.5. The normalized spacial score (nSPS) is 20.5. The zero-order chi connectivity index (χ0) is 15.1. The van der Waals surface area contributed by atoms with E-state index in [0.717, 1.165) is 4.31 Å². The lowest BCUT2D eigenvalue weighted by Crippen LogP contribution is -2.34. The van der Waals surface area contributed by atoms with E-state index in [1.54, 1.807) is 0 Å². The van der Waals surface area contributed by atoms with Crippen molar-refractivity contribution >= 4 is 27.5 Å². The molecule has 1 unspecified atom stereocenters. The number of amides is 1. The molecule has 2 rings (SSSR count). The van der Waals surface area contributed by atoms with Crippen molar-refractivity contribution in [1.82, 2.24) is 9.29 Å². The van der Waals surface area contributed by atoms with E-state index in [9.17, 15) is 13.2 Å². The minimum absolute atomic E-state index is 0.000205. The van der Waals surface area contributed by atoms with Gasteiger partial charge in [-0.2, -0.15) is 0 Å². The highest BCUT2D eigenvalue weighted by Crippen LogP contribution is 2.37. The molecule has 1 fully saturated rings. The molecule has 7 heteroatoms. The Morgan fingerprint density at radius 3 is 2.55 bits per heavy atom. The van der Waals surface area contributed by atoms with Gasteiger partial charge in [0.15, 0.2) is 0 Å². The number of hydrogen-bond donors (Lipinski definition) is 0. The van der Waals surface area contributed by atoms with Crippen LogP contribution in [0, 0.1) is 11.3 Å². The van der Waals surface area contributed by atoms with Crippen LogP contribution >= 0.6 is 11.6 Å². The number of halogens is 1. The van der Waals surface area contributed by atoms with Gasteiger partial charge in [0, 0.05) is 19.2 Å². The Hall–Kier alpha value is -1.14. The standard InChI is InChI=1S/C13H17ClN2O3S/c1-13(2,3)9-7-11(17)16(8-9)20(18,19)10-5-4-6-15-12(10)14/h4-6,9H,7-8H2,1-3H3. The monoisotopic (exact) mass is 316 g/mol. The second kappa shape index (κ2) is 5.00. The van der Waals surface area contributed by atoms with E-state index < -0.39 is 10.0 Å². The van der Waals surface area contributed by atoms with Gasteiger partial charge >= 0.3 is 0 Å². The van der Waals surface area contributed by atoms with Gasteiger partial charge in [-0.05, 0) is 23.5 Å². The summed E-state index contributed by atoms with van der Waals surface area (Å²) in [6.07, 6.45) is 1.64. The van der Waals surface area contributed by atoms with E-state index in [-0.39, 0.29) is 40.3 Å². The Kier molecular flexibility index (Phi) is 3.81. The largest absolute Gasteiger partial charge is 0.274 e. The number of carbonyl (C=O) groups is 1. The summed E-state index contributed by atoms with van der Waals surface area (Å²) >= 11 is 5.83. The molecule has 20 heavy (non-hydrogen) atoms. The van der Waals surface area contributed by atoms with Crippen molar-refractivity contribution in [3.05, 3.63) is 23.5 Å². The van der Waals surface area contributed by atoms with Gasteiger partial charge in [-0.1, -0.05) is 32.4 Å². The van der Waals surface area contributed by atoms with Crippen molar-refractivity contribution in [2.45, 2.75) is 32.1 Å². The summed E-state index contributed by atoms with van der Waals surface area (Å²) in [7, 11) is -3.92. The van der Waals surface area contributed by atoms with Crippen LogP contribution in [0.1, 0.15) is 27.2 Å². The number of nitrogens with zero attached hydrogens (tertiary/aromatic N) is 2. The SMILES string of the molecule is CC(C)(C)C1CC(=O)N(S(=O)(=O)c2cccnc2Cl)C1. The van der Waals surface area contributed by atoms with E-state index in [1.807, 2.05) is 20.8 Å². The Morgan fingerprint density at radius 2 is 2.05 bits per heavy atom. The van der Waals surface area contributed by atoms with Crippen molar-refractivity contribution in [2.24, 2.45) is 11.3 Å². The number of carbonyl (C=O) groups excluding carboxylic acids is 1. The zero-order valence-corrected chi connectivity index (χ0v) is 13.2. The van der Waals surface area contributed by atoms with Crippen LogP contribution in [-0.2, 0) is 14.8 Å². The third-order valence-corrected chi connectivity index (χ3v) is 5.83. The lowest BCUT2D eigenvalue weighted by molar-refractivity contribution is -0.123. The van der Waals surface area contributed by atoms with Gasteiger partial charge in [0.2, 0.25) is 5.91 Å². The molecule has 1 atom stereocenters. The Morgan fingerprint density at radius 1 is 1.40 bits per heavy atom. The highest BCUT2D eigenvalue weighted by molar-refractivity contribution is 7.89. The number of hydrogen-bond acceptors (Lipinski definition) is 4. The first kappa shape index (κ1) is 15.3. The third kappa shape index (κ3) is 2.67. The van der Waals surface area contributed by atoms with Crippen LogP contribution in [0.3, 0.4) is 0 Å². The first-order valence-electron chi connectivity index (χ1n) is 6.30. The Labute approximate surface area is 124 Å². The van der Waals surface area contributed by atoms with Gasteiger partial charge in [-0.15, -0.1) is 0 Å². The Balaban J connectivity index is 2.37. The number of rotatable bonds is 2. The summed E-state index contributed by atoms with van der Waals surface area (Å²) in [5.74, 6) is -0.384. The predicted molar refractivity (Wildman–Crippen MR) is 75.7 cm³/mol. The van der Waals surface area contributed by atoms with Crippen LogP contribution in [-0.4, -0.2) is 30.2 Å². The van der Waals surface area contributed by atoms with Crippen molar-refractivity contribution in [2.75, 3.05) is 6.54 Å². The second-order valence-electron chi connectivity index (χ2n) is 5.99. The molecular formula is C13H17ClN2O3S. The van der Waals surface area contributed by atoms with E-state index in [4.69, 9.17) is 11.6 Å². The summed E-state index contributed by atoms with van der Waals surface area (Å²) in [4.78, 5) is 15.7. The molecule has 0 aliphatic carbocycles. The summed E-state index contributed by atoms with van der Waals surface area (Å²) < 4.78 is 26.0. The molecule has 5 nitrogen and oxygen atoms in total. The molecule has 0 spiro atoms. The van der Waals surface area contributed by atoms with Crippen molar-refractivity contribution in [1.29, 1.82) is 0 Å². The lowest BCUT2D eigenvalue weighted by atomic mass is 9.80. The van der Waals surface area contributed by atoms with Gasteiger partial charge in [0.05, 0.1) is 0 Å². The summed E-state index contributed by atoms with van der Waals surface area (Å²) in [5, 5.41) is -0.112. The molecule has 0 bridgehead atoms. The number of sulfonamides is 1. The van der Waals surface area contributed by atoms with Crippen molar-refractivity contribution in [3.63, 3.8) is 0 Å². The second-order valence-corrected chi connectivity index (χ2v) is 8.18. The van der Waals surface area contributed by atoms with E-state index in [0.29, 0.717) is 0 Å². The molecule has 110 valence electrons. The maximum atomic E-state index is 12.5. The van der Waals surface area contributed by atoms with E-state index in [2.05, 4.69) is 4.98 Å². The molecule has 0 aromatic carbocycles. The first-order chi connectivity index (χ1) is 9.14. The number of pyridine rings is 1. The van der Waals surface area contributed by atoms with Crippen molar-refractivity contribution in [3.8, 4) is 0 Å². The average Bonchev–Trinajstić information content (AvgIpc) is 2.72. The molecule has 2 heterocycles. The molecule has 0 radical (unpaired) electrons. The van der Waals surface area contributed by atoms with Crippen LogP contribution in [0.15, 0.2) is 23.2 Å². The van der Waals surface area contributed by atoms with Crippen molar-refractivity contribution < 1.29 is 13.2 Å². The third-order valence-electron chi connectivity index (χ3n) is 3.60. The van der Waals surface area contributed by atoms with E-state index >= 15 is 0 Å². The predicted octanol–water partition coefficient (Wildman–Crippen LogP) is 2.32. The molecule has 0 N–H and O–H groups in total. The quantitative estimate of drug-likeness (QED) is 0.785. The lowest BCUT2D eigenvalue weighted by Gasteiger charge is -2.26. The molecule has 1 aliphatic rings. The van der Waals surface area contributed by atoms with Gasteiger partial charge in [-0.25, -0.2) is 17.7 Å². The van der Waals surface area contributed by atoms with Crippen LogP contribution < -0.4 is 0 Å². The smallest absolute Gasteiger partial charge is 0.269 e. The van der Waals surface area contributed by atoms with Gasteiger partial charge in [0.25, 0.3) is 10.0 Å². The molecule has 1 amide bonds. The Bertz CT molecular complexity index is 637. The highest BCUT2D eigenvalue weighted by Gasteiger charge is 2.43. The van der Waals surface area contributed by atoms with Crippen LogP contribution in [0.4, 0.5) is 0 Å². The van der Waals surface area contributed by atoms with Gasteiger partial charge in [0.1, 0.15) is 10.0 Å². The molecule has 1 aromatic heterocycles. The molecule has 1 aliphatic heterocycles. The molecular weight excluding hydrogens is 300 g/mol. The molecule has 1 aromatic rings. The zero-order valence-electron chi connectivity index (χ0n) is 11.6. The van der Waals surface area contributed by atoms with Crippen LogP contribution in [0.5, 0.6) is 0 Å². The summed E-state index contributed by atoms with van der Waals surface area (Å²) in [6, 6.07) is 2.85. The first-order valence-corrected chi connectivity index (χ1v) is 8.12. The van der Waals surface area contributed by atoms with Crippen LogP contribution in [0.25, 0.3) is 0 Å².